The van der Waals surface area contributed by atoms with Crippen LogP contribution in [-0.2, 0) is 14.3 Å². The molecule has 234 valence electrons. The summed E-state index contributed by atoms with van der Waals surface area (Å²) in [5.74, 6) is -5.40. The fraction of sp³-hybridized carbons (Fsp3) is 0.586. The van der Waals surface area contributed by atoms with E-state index >= 15 is 4.39 Å². The number of aromatic nitrogens is 2. The lowest BCUT2D eigenvalue weighted by molar-refractivity contribution is -0.197. The van der Waals surface area contributed by atoms with Gasteiger partial charge < -0.3 is 25.2 Å². The van der Waals surface area contributed by atoms with Gasteiger partial charge in [-0.1, -0.05) is 0 Å². The second kappa shape index (κ2) is 12.6. The van der Waals surface area contributed by atoms with Crippen LogP contribution in [0.4, 0.5) is 34.9 Å². The summed E-state index contributed by atoms with van der Waals surface area (Å²) >= 11 is 0. The lowest BCUT2D eigenvalue weighted by Crippen LogP contribution is -2.50. The number of anilines is 3. The maximum absolute atomic E-state index is 15.7. The molecule has 2 aromatic rings. The summed E-state index contributed by atoms with van der Waals surface area (Å²) in [6.45, 7) is 7.20. The molecule has 1 aromatic heterocycles. The van der Waals surface area contributed by atoms with E-state index in [2.05, 4.69) is 39.3 Å². The second-order valence-electron chi connectivity index (χ2n) is 11.6. The van der Waals surface area contributed by atoms with Crippen LogP contribution in [0.5, 0.6) is 0 Å². The van der Waals surface area contributed by atoms with E-state index in [9.17, 15) is 22.8 Å². The molecule has 0 aliphatic carbocycles. The number of carbonyl (C=O) groups excluding carboxylic acids is 2. The highest BCUT2D eigenvalue weighted by Crippen LogP contribution is 2.40. The first kappa shape index (κ1) is 30.9. The van der Waals surface area contributed by atoms with E-state index in [-0.39, 0.29) is 23.3 Å². The average molecular weight is 608 g/mol. The van der Waals surface area contributed by atoms with Crippen molar-refractivity contribution in [2.24, 2.45) is 11.8 Å². The third-order valence-corrected chi connectivity index (χ3v) is 8.65. The minimum Gasteiger partial charge on any atom is -0.378 e. The molecular formula is C29H37F4N7O3. The third kappa shape index (κ3) is 6.85. The van der Waals surface area contributed by atoms with Crippen LogP contribution in [0.3, 0.4) is 0 Å². The standard InChI is InChI=1S/C29H37F4N7O3/c1-17(2)38(3)19-4-5-40(16-19)25-12-23(30)20(18-13-35-28(36-14-18)39-6-8-43-9-7-39)10-24(25)37-27(42)21-15-34-26(41)11-22(21)29(31,32)33/h10,12-14,17,19,21-22H,4-9,11,15-16H2,1-3H3,(H,34,41)(H,37,42)/t19-,21?,22?/m1/s1. The quantitative estimate of drug-likeness (QED) is 0.463. The Morgan fingerprint density at radius 2 is 1.84 bits per heavy atom. The van der Waals surface area contributed by atoms with Gasteiger partial charge in [-0.2, -0.15) is 13.2 Å². The van der Waals surface area contributed by atoms with Crippen LogP contribution in [0.1, 0.15) is 26.7 Å². The molecule has 10 nitrogen and oxygen atoms in total. The van der Waals surface area contributed by atoms with E-state index in [0.717, 1.165) is 6.42 Å². The molecule has 3 aliphatic heterocycles. The first-order valence-corrected chi connectivity index (χ1v) is 14.5. The zero-order valence-electron chi connectivity index (χ0n) is 24.5. The van der Waals surface area contributed by atoms with Crippen molar-refractivity contribution in [2.45, 2.75) is 44.9 Å². The number of alkyl halides is 3. The monoisotopic (exact) mass is 607 g/mol. The zero-order chi connectivity index (χ0) is 30.9. The number of morpholine rings is 1. The van der Waals surface area contributed by atoms with Gasteiger partial charge in [-0.25, -0.2) is 14.4 Å². The number of ether oxygens (including phenoxy) is 1. The molecule has 2 amide bonds. The normalized spacial score (nSPS) is 23.2. The van der Waals surface area contributed by atoms with Gasteiger partial charge in [0, 0.05) is 74.7 Å². The maximum atomic E-state index is 15.7. The van der Waals surface area contributed by atoms with Crippen molar-refractivity contribution in [1.82, 2.24) is 20.2 Å². The number of benzene rings is 1. The molecule has 3 aliphatic rings. The number of nitrogens with one attached hydrogen (secondary N) is 2. The van der Waals surface area contributed by atoms with Crippen LogP contribution in [0, 0.1) is 17.7 Å². The number of nitrogens with zero attached hydrogens (tertiary/aromatic N) is 5. The molecule has 0 saturated carbocycles. The molecular weight excluding hydrogens is 570 g/mol. The van der Waals surface area contributed by atoms with E-state index in [1.165, 1.54) is 24.5 Å². The first-order chi connectivity index (χ1) is 20.4. The van der Waals surface area contributed by atoms with Crippen molar-refractivity contribution < 1.29 is 31.9 Å². The third-order valence-electron chi connectivity index (χ3n) is 8.65. The maximum Gasteiger partial charge on any atom is 0.393 e. The smallest absolute Gasteiger partial charge is 0.378 e. The minimum atomic E-state index is -4.74. The van der Waals surface area contributed by atoms with E-state index < -0.39 is 48.6 Å². The van der Waals surface area contributed by atoms with Gasteiger partial charge in [0.15, 0.2) is 0 Å². The van der Waals surface area contributed by atoms with Crippen molar-refractivity contribution in [3.8, 4) is 11.1 Å². The number of rotatable bonds is 7. The van der Waals surface area contributed by atoms with Crippen LogP contribution < -0.4 is 20.4 Å². The molecule has 1 aromatic carbocycles. The van der Waals surface area contributed by atoms with E-state index in [1.54, 1.807) is 0 Å². The molecule has 3 saturated heterocycles. The Labute approximate surface area is 247 Å². The number of piperidine rings is 1. The highest BCUT2D eigenvalue weighted by Gasteiger charge is 2.50. The fourth-order valence-corrected chi connectivity index (χ4v) is 5.87. The summed E-state index contributed by atoms with van der Waals surface area (Å²) < 4.78 is 62.6. The second-order valence-corrected chi connectivity index (χ2v) is 11.6. The Hall–Kier alpha value is -3.52. The Morgan fingerprint density at radius 1 is 1.14 bits per heavy atom. The number of likely N-dealkylation sites (N-methyl/N-ethyl adjacent to an activating group) is 1. The van der Waals surface area contributed by atoms with E-state index in [0.29, 0.717) is 56.6 Å². The molecule has 43 heavy (non-hydrogen) atoms. The van der Waals surface area contributed by atoms with Gasteiger partial charge in [-0.05, 0) is 39.4 Å². The van der Waals surface area contributed by atoms with Gasteiger partial charge in [0.1, 0.15) is 5.82 Å². The van der Waals surface area contributed by atoms with Gasteiger partial charge in [0.25, 0.3) is 0 Å². The molecule has 3 fully saturated rings. The Kier molecular flexibility index (Phi) is 9.07. The molecule has 2 N–H and O–H groups in total. The van der Waals surface area contributed by atoms with Crippen molar-refractivity contribution in [2.75, 3.05) is 68.1 Å². The van der Waals surface area contributed by atoms with Gasteiger partial charge in [-0.15, -0.1) is 0 Å². The van der Waals surface area contributed by atoms with Gasteiger partial charge in [-0.3, -0.25) is 14.5 Å². The molecule has 0 spiro atoms. The van der Waals surface area contributed by atoms with E-state index in [4.69, 9.17) is 4.74 Å². The summed E-state index contributed by atoms with van der Waals surface area (Å²) in [5, 5.41) is 5.04. The molecule has 3 atom stereocenters. The Bertz CT molecular complexity index is 1320. The van der Waals surface area contributed by atoms with Crippen molar-refractivity contribution in [3.05, 3.63) is 30.3 Å². The Balaban J connectivity index is 1.47. The summed E-state index contributed by atoms with van der Waals surface area (Å²) in [5.41, 5.74) is 1.02. The van der Waals surface area contributed by atoms with Crippen molar-refractivity contribution >= 4 is 29.1 Å². The first-order valence-electron chi connectivity index (χ1n) is 14.5. The summed E-state index contributed by atoms with van der Waals surface area (Å²) in [6.07, 6.45) is -1.79. The highest BCUT2D eigenvalue weighted by molar-refractivity contribution is 5.98. The zero-order valence-corrected chi connectivity index (χ0v) is 24.5. The average Bonchev–Trinajstić information content (AvgIpc) is 3.47. The summed E-state index contributed by atoms with van der Waals surface area (Å²) in [7, 11) is 2.01. The van der Waals surface area contributed by atoms with Gasteiger partial charge >= 0.3 is 6.18 Å². The van der Waals surface area contributed by atoms with Crippen LogP contribution >= 0.6 is 0 Å². The van der Waals surface area contributed by atoms with Crippen LogP contribution in [0.25, 0.3) is 11.1 Å². The number of hydrogen-bond donors (Lipinski definition) is 2. The van der Waals surface area contributed by atoms with Gasteiger partial charge in [0.05, 0.1) is 36.4 Å². The van der Waals surface area contributed by atoms with Crippen LogP contribution in [0.2, 0.25) is 0 Å². The fourth-order valence-electron chi connectivity index (χ4n) is 5.87. The lowest BCUT2D eigenvalue weighted by Gasteiger charge is -2.32. The molecule has 5 rings (SSSR count). The van der Waals surface area contributed by atoms with Crippen molar-refractivity contribution in [3.63, 3.8) is 0 Å². The summed E-state index contributed by atoms with van der Waals surface area (Å²) in [4.78, 5) is 40.1. The number of carbonyl (C=O) groups is 2. The number of halogens is 4. The van der Waals surface area contributed by atoms with Crippen LogP contribution in [0.15, 0.2) is 24.5 Å². The molecule has 2 unspecified atom stereocenters. The highest BCUT2D eigenvalue weighted by atomic mass is 19.4. The lowest BCUT2D eigenvalue weighted by atomic mass is 9.84. The van der Waals surface area contributed by atoms with Gasteiger partial charge in [0.2, 0.25) is 17.8 Å². The minimum absolute atomic E-state index is 0.104. The number of hydrogen-bond acceptors (Lipinski definition) is 8. The SMILES string of the molecule is CC(C)N(C)[C@@H]1CCN(c2cc(F)c(-c3cnc(N4CCOCC4)nc3)cc2NC(=O)C2CNC(=O)CC2C(F)(F)F)C1. The largest absolute Gasteiger partial charge is 0.393 e. The summed E-state index contributed by atoms with van der Waals surface area (Å²) in [6, 6.07) is 3.20. The Morgan fingerprint density at radius 3 is 2.49 bits per heavy atom. The predicted molar refractivity (Wildman–Crippen MR) is 153 cm³/mol. The predicted octanol–water partition coefficient (Wildman–Crippen LogP) is 3.29. The molecule has 14 heteroatoms. The van der Waals surface area contributed by atoms with Crippen molar-refractivity contribution in [1.29, 1.82) is 0 Å². The van der Waals surface area contributed by atoms with Crippen LogP contribution in [-0.4, -0.2) is 97.9 Å². The topological polar surface area (TPSA) is 103 Å². The number of amides is 2. The molecule has 0 bridgehead atoms. The van der Waals surface area contributed by atoms with E-state index in [1.807, 2.05) is 16.8 Å². The molecule has 4 heterocycles. The molecule has 0 radical (unpaired) electrons.